The van der Waals surface area contributed by atoms with Crippen LogP contribution in [-0.2, 0) is 6.42 Å². The molecule has 0 amide bonds. The van der Waals surface area contributed by atoms with E-state index in [1.54, 1.807) is 36.4 Å². The maximum Gasteiger partial charge on any atom is 0.344 e. The maximum atomic E-state index is 12.4. The van der Waals surface area contributed by atoms with E-state index in [0.717, 1.165) is 23.8 Å². The summed E-state index contributed by atoms with van der Waals surface area (Å²) in [6.07, 6.45) is 1.60. The van der Waals surface area contributed by atoms with Crippen LogP contribution in [0, 0.1) is 0 Å². The minimum Gasteiger partial charge on any atom is -0.508 e. The van der Waals surface area contributed by atoms with Crippen LogP contribution in [0.5, 0.6) is 11.5 Å². The van der Waals surface area contributed by atoms with Gasteiger partial charge in [-0.1, -0.05) is 25.5 Å². The van der Waals surface area contributed by atoms with E-state index >= 15 is 0 Å². The minimum absolute atomic E-state index is 0.0653. The van der Waals surface area contributed by atoms with Crippen LogP contribution >= 0.6 is 0 Å². The maximum absolute atomic E-state index is 12.4. The molecule has 4 nitrogen and oxygen atoms in total. The molecule has 0 aliphatic heterocycles. The van der Waals surface area contributed by atoms with Gasteiger partial charge in [-0.3, -0.25) is 0 Å². The van der Waals surface area contributed by atoms with Crippen LogP contribution < -0.4 is 5.63 Å². The smallest absolute Gasteiger partial charge is 0.344 e. The SMILES string of the molecule is CCCc1c(-c2ccc(O)cc2)c(=O)oc2cc(O)ccc12. The van der Waals surface area contributed by atoms with Gasteiger partial charge in [0.15, 0.2) is 0 Å². The van der Waals surface area contributed by atoms with Crippen molar-refractivity contribution in [2.45, 2.75) is 19.8 Å². The number of hydrogen-bond donors (Lipinski definition) is 2. The quantitative estimate of drug-likeness (QED) is 0.721. The topological polar surface area (TPSA) is 70.7 Å². The van der Waals surface area contributed by atoms with Gasteiger partial charge in [-0.15, -0.1) is 0 Å². The van der Waals surface area contributed by atoms with Crippen LogP contribution in [-0.4, -0.2) is 10.2 Å². The van der Waals surface area contributed by atoms with Gasteiger partial charge in [0.2, 0.25) is 0 Å². The average molecular weight is 296 g/mol. The lowest BCUT2D eigenvalue weighted by molar-refractivity contribution is 0.472. The molecule has 1 heterocycles. The molecule has 2 N–H and O–H groups in total. The summed E-state index contributed by atoms with van der Waals surface area (Å²) in [6.45, 7) is 2.04. The zero-order chi connectivity index (χ0) is 15.7. The van der Waals surface area contributed by atoms with Crippen LogP contribution in [0.3, 0.4) is 0 Å². The molecule has 2 aromatic carbocycles. The zero-order valence-electron chi connectivity index (χ0n) is 12.2. The Morgan fingerprint density at radius 3 is 2.36 bits per heavy atom. The standard InChI is InChI=1S/C18H16O4/c1-2-3-15-14-9-8-13(20)10-16(14)22-18(21)17(15)11-4-6-12(19)7-5-11/h4-10,19-20H,2-3H2,1H3. The fourth-order valence-corrected chi connectivity index (χ4v) is 2.68. The Labute approximate surface area is 127 Å². The predicted octanol–water partition coefficient (Wildman–Crippen LogP) is 3.82. The molecule has 0 atom stereocenters. The number of hydrogen-bond acceptors (Lipinski definition) is 4. The van der Waals surface area contributed by atoms with Crippen molar-refractivity contribution in [3.63, 3.8) is 0 Å². The lowest BCUT2D eigenvalue weighted by Gasteiger charge is -2.11. The molecule has 0 saturated heterocycles. The van der Waals surface area contributed by atoms with Crippen LogP contribution in [0.2, 0.25) is 0 Å². The van der Waals surface area contributed by atoms with Crippen LogP contribution in [0.1, 0.15) is 18.9 Å². The van der Waals surface area contributed by atoms with Gasteiger partial charge in [0.25, 0.3) is 0 Å². The molecule has 4 heteroatoms. The van der Waals surface area contributed by atoms with Gasteiger partial charge in [-0.25, -0.2) is 4.79 Å². The predicted molar refractivity (Wildman–Crippen MR) is 85.2 cm³/mol. The first-order chi connectivity index (χ1) is 10.6. The molecule has 0 unspecified atom stereocenters. The summed E-state index contributed by atoms with van der Waals surface area (Å²) < 4.78 is 5.37. The summed E-state index contributed by atoms with van der Waals surface area (Å²) in [7, 11) is 0. The van der Waals surface area contributed by atoms with E-state index in [1.807, 2.05) is 6.92 Å². The third-order valence-corrected chi connectivity index (χ3v) is 3.65. The monoisotopic (exact) mass is 296 g/mol. The Morgan fingerprint density at radius 1 is 1.00 bits per heavy atom. The highest BCUT2D eigenvalue weighted by Gasteiger charge is 2.16. The van der Waals surface area contributed by atoms with Crippen LogP contribution in [0.25, 0.3) is 22.1 Å². The summed E-state index contributed by atoms with van der Waals surface area (Å²) in [5.41, 5.74) is 2.08. The van der Waals surface area contributed by atoms with E-state index in [9.17, 15) is 15.0 Å². The van der Waals surface area contributed by atoms with Crippen molar-refractivity contribution in [1.82, 2.24) is 0 Å². The Bertz CT molecular complexity index is 876. The summed E-state index contributed by atoms with van der Waals surface area (Å²) in [6, 6.07) is 11.3. The highest BCUT2D eigenvalue weighted by molar-refractivity contribution is 5.87. The Balaban J connectivity index is 2.35. The second kappa shape index (κ2) is 5.56. The summed E-state index contributed by atoms with van der Waals surface area (Å²) in [5.74, 6) is 0.214. The highest BCUT2D eigenvalue weighted by Crippen LogP contribution is 2.30. The van der Waals surface area contributed by atoms with Crippen molar-refractivity contribution in [3.8, 4) is 22.6 Å². The van der Waals surface area contributed by atoms with Crippen molar-refractivity contribution in [2.24, 2.45) is 0 Å². The Morgan fingerprint density at radius 2 is 1.68 bits per heavy atom. The lowest BCUT2D eigenvalue weighted by Crippen LogP contribution is -2.08. The number of fused-ring (bicyclic) bond motifs is 1. The normalized spacial score (nSPS) is 11.0. The highest BCUT2D eigenvalue weighted by atomic mass is 16.4. The molecular weight excluding hydrogens is 280 g/mol. The average Bonchev–Trinajstić information content (AvgIpc) is 2.48. The van der Waals surface area contributed by atoms with E-state index in [0.29, 0.717) is 16.7 Å². The number of benzene rings is 2. The first kappa shape index (κ1) is 14.2. The van der Waals surface area contributed by atoms with E-state index in [-0.39, 0.29) is 11.5 Å². The number of phenols is 2. The van der Waals surface area contributed by atoms with Crippen molar-refractivity contribution >= 4 is 11.0 Å². The molecule has 112 valence electrons. The van der Waals surface area contributed by atoms with Crippen molar-refractivity contribution < 1.29 is 14.6 Å². The van der Waals surface area contributed by atoms with Crippen molar-refractivity contribution in [1.29, 1.82) is 0 Å². The van der Waals surface area contributed by atoms with Gasteiger partial charge in [-0.2, -0.15) is 0 Å². The molecule has 0 aliphatic rings. The van der Waals surface area contributed by atoms with Gasteiger partial charge < -0.3 is 14.6 Å². The van der Waals surface area contributed by atoms with Crippen molar-refractivity contribution in [3.05, 3.63) is 58.4 Å². The van der Waals surface area contributed by atoms with Gasteiger partial charge in [0.1, 0.15) is 17.1 Å². The largest absolute Gasteiger partial charge is 0.508 e. The summed E-state index contributed by atoms with van der Waals surface area (Å²) in [4.78, 5) is 12.4. The fourth-order valence-electron chi connectivity index (χ4n) is 2.68. The molecule has 0 bridgehead atoms. The van der Waals surface area contributed by atoms with Gasteiger partial charge in [0.05, 0.1) is 5.56 Å². The number of phenolic OH excluding ortho intramolecular Hbond substituents is 2. The third kappa shape index (κ3) is 2.44. The zero-order valence-corrected chi connectivity index (χ0v) is 12.2. The molecule has 0 spiro atoms. The van der Waals surface area contributed by atoms with Crippen LogP contribution in [0.4, 0.5) is 0 Å². The molecule has 0 aliphatic carbocycles. The summed E-state index contributed by atoms with van der Waals surface area (Å²) in [5, 5.41) is 19.8. The van der Waals surface area contributed by atoms with Crippen LogP contribution in [0.15, 0.2) is 51.7 Å². The van der Waals surface area contributed by atoms with E-state index in [2.05, 4.69) is 0 Å². The Kier molecular flexibility index (Phi) is 3.59. The van der Waals surface area contributed by atoms with Gasteiger partial charge in [0, 0.05) is 11.5 Å². The molecule has 0 fully saturated rings. The second-order valence-corrected chi connectivity index (χ2v) is 5.22. The van der Waals surface area contributed by atoms with Crippen molar-refractivity contribution in [2.75, 3.05) is 0 Å². The van der Waals surface area contributed by atoms with Gasteiger partial charge >= 0.3 is 5.63 Å². The molecule has 3 rings (SSSR count). The first-order valence-corrected chi connectivity index (χ1v) is 7.18. The molecule has 0 saturated carbocycles. The molecule has 3 aromatic rings. The second-order valence-electron chi connectivity index (χ2n) is 5.22. The molecule has 1 aromatic heterocycles. The van der Waals surface area contributed by atoms with E-state index in [4.69, 9.17) is 4.42 Å². The van der Waals surface area contributed by atoms with E-state index < -0.39 is 5.63 Å². The number of rotatable bonds is 3. The minimum atomic E-state index is -0.438. The van der Waals surface area contributed by atoms with Gasteiger partial charge in [-0.05, 0) is 41.8 Å². The number of aromatic hydroxyl groups is 2. The molecule has 0 radical (unpaired) electrons. The third-order valence-electron chi connectivity index (χ3n) is 3.65. The fraction of sp³-hybridized carbons (Fsp3) is 0.167. The lowest BCUT2D eigenvalue weighted by atomic mass is 9.95. The summed E-state index contributed by atoms with van der Waals surface area (Å²) >= 11 is 0. The Hall–Kier alpha value is -2.75. The molecule has 22 heavy (non-hydrogen) atoms. The number of aryl methyl sites for hydroxylation is 1. The first-order valence-electron chi connectivity index (χ1n) is 7.18. The van der Waals surface area contributed by atoms with E-state index in [1.165, 1.54) is 6.07 Å². The molecular formula is C18H16O4.